The van der Waals surface area contributed by atoms with Gasteiger partial charge in [0, 0.05) is 13.1 Å². The summed E-state index contributed by atoms with van der Waals surface area (Å²) in [5, 5.41) is 24.8. The number of aryl methyl sites for hydroxylation is 2. The third-order valence-corrected chi connectivity index (χ3v) is 6.50. The van der Waals surface area contributed by atoms with Gasteiger partial charge in [0.1, 0.15) is 34.9 Å². The Hall–Kier alpha value is -2.08. The van der Waals surface area contributed by atoms with Crippen LogP contribution in [0.3, 0.4) is 0 Å². The van der Waals surface area contributed by atoms with Crippen LogP contribution in [0.2, 0.25) is 0 Å². The first-order valence-corrected chi connectivity index (χ1v) is 10.5. The Morgan fingerprint density at radius 1 is 0.793 bits per heavy atom. The monoisotopic (exact) mass is 397 g/mol. The zero-order valence-electron chi connectivity index (χ0n) is 17.2. The van der Waals surface area contributed by atoms with E-state index in [1.807, 2.05) is 50.2 Å². The molecule has 29 heavy (non-hydrogen) atoms. The third kappa shape index (κ3) is 4.13. The van der Waals surface area contributed by atoms with E-state index in [4.69, 9.17) is 9.47 Å². The molecule has 156 valence electrons. The molecular weight excluding hydrogens is 366 g/mol. The molecule has 0 amide bonds. The number of nitrogens with one attached hydrogen (secondary N) is 1. The minimum Gasteiger partial charge on any atom is -0.485 e. The fraction of sp³-hybridized carbons (Fsp3) is 0.500. The fourth-order valence-electron chi connectivity index (χ4n) is 4.25. The molecule has 4 unspecified atom stereocenters. The van der Waals surface area contributed by atoms with Crippen molar-refractivity contribution in [3.8, 4) is 11.5 Å². The summed E-state index contributed by atoms with van der Waals surface area (Å²) in [4.78, 5) is 0. The fourth-order valence-corrected chi connectivity index (χ4v) is 4.25. The van der Waals surface area contributed by atoms with Crippen molar-refractivity contribution < 1.29 is 19.7 Å². The topological polar surface area (TPSA) is 71.0 Å². The highest BCUT2D eigenvalue weighted by atomic mass is 16.5. The molecule has 5 nitrogen and oxygen atoms in total. The first kappa shape index (κ1) is 20.2. The lowest BCUT2D eigenvalue weighted by Crippen LogP contribution is -2.55. The van der Waals surface area contributed by atoms with Crippen LogP contribution in [-0.4, -0.2) is 46.7 Å². The third-order valence-electron chi connectivity index (χ3n) is 6.50. The average molecular weight is 398 g/mol. The molecule has 4 atom stereocenters. The van der Waals surface area contributed by atoms with Gasteiger partial charge in [0.25, 0.3) is 0 Å². The zero-order valence-corrected chi connectivity index (χ0v) is 17.2. The SMILES string of the molecule is CC1(C(O)CNCC(O)C2(C)CCc3ccccc3O2)CCc2ccccc2O1. The van der Waals surface area contributed by atoms with Gasteiger partial charge in [-0.25, -0.2) is 0 Å². The van der Waals surface area contributed by atoms with E-state index >= 15 is 0 Å². The van der Waals surface area contributed by atoms with E-state index in [9.17, 15) is 10.2 Å². The van der Waals surface area contributed by atoms with Crippen molar-refractivity contribution in [2.75, 3.05) is 13.1 Å². The second kappa shape index (κ2) is 7.98. The van der Waals surface area contributed by atoms with E-state index in [1.54, 1.807) is 0 Å². The highest BCUT2D eigenvalue weighted by Crippen LogP contribution is 2.36. The van der Waals surface area contributed by atoms with E-state index in [2.05, 4.69) is 17.4 Å². The van der Waals surface area contributed by atoms with Crippen LogP contribution in [-0.2, 0) is 12.8 Å². The smallest absolute Gasteiger partial charge is 0.133 e. The molecule has 2 heterocycles. The molecule has 0 spiro atoms. The molecule has 0 saturated heterocycles. The van der Waals surface area contributed by atoms with E-state index in [-0.39, 0.29) is 0 Å². The molecule has 2 aromatic rings. The highest BCUT2D eigenvalue weighted by molar-refractivity contribution is 5.37. The van der Waals surface area contributed by atoms with E-state index in [1.165, 1.54) is 11.1 Å². The lowest BCUT2D eigenvalue weighted by Gasteiger charge is -2.41. The van der Waals surface area contributed by atoms with Gasteiger partial charge in [0.15, 0.2) is 0 Å². The minimum absolute atomic E-state index is 0.350. The number of fused-ring (bicyclic) bond motifs is 2. The van der Waals surface area contributed by atoms with Gasteiger partial charge < -0.3 is 25.0 Å². The quantitative estimate of drug-likeness (QED) is 0.699. The maximum atomic E-state index is 10.8. The summed E-state index contributed by atoms with van der Waals surface area (Å²) < 4.78 is 12.3. The number of rotatable bonds is 6. The Morgan fingerprint density at radius 3 is 1.66 bits per heavy atom. The van der Waals surface area contributed by atoms with Gasteiger partial charge in [-0.15, -0.1) is 0 Å². The molecule has 5 heteroatoms. The number of ether oxygens (including phenoxy) is 2. The molecule has 0 saturated carbocycles. The van der Waals surface area contributed by atoms with Crippen molar-refractivity contribution in [1.82, 2.24) is 5.32 Å². The number of aliphatic hydroxyl groups is 2. The van der Waals surface area contributed by atoms with E-state index in [0.29, 0.717) is 13.1 Å². The van der Waals surface area contributed by atoms with Crippen LogP contribution < -0.4 is 14.8 Å². The Balaban J connectivity index is 1.31. The molecule has 4 rings (SSSR count). The molecule has 2 aliphatic rings. The first-order chi connectivity index (χ1) is 13.9. The van der Waals surface area contributed by atoms with Gasteiger partial charge in [-0.3, -0.25) is 0 Å². The van der Waals surface area contributed by atoms with Gasteiger partial charge in [-0.05, 0) is 62.8 Å². The van der Waals surface area contributed by atoms with Crippen molar-refractivity contribution >= 4 is 0 Å². The first-order valence-electron chi connectivity index (χ1n) is 10.5. The lowest BCUT2D eigenvalue weighted by molar-refractivity contribution is -0.0653. The van der Waals surface area contributed by atoms with Gasteiger partial charge in [0.2, 0.25) is 0 Å². The second-order valence-corrected chi connectivity index (χ2v) is 8.73. The standard InChI is InChI=1S/C24H31NO4/c1-23(13-11-17-7-3-5-9-19(17)28-23)21(26)15-25-16-22(27)24(2)14-12-18-8-4-6-10-20(18)29-24/h3-10,21-22,25-27H,11-16H2,1-2H3. The Labute approximate surface area is 172 Å². The minimum atomic E-state index is -0.677. The van der Waals surface area contributed by atoms with Crippen LogP contribution in [0.4, 0.5) is 0 Å². The number of para-hydroxylation sites is 2. The second-order valence-electron chi connectivity index (χ2n) is 8.73. The van der Waals surface area contributed by atoms with E-state index < -0.39 is 23.4 Å². The van der Waals surface area contributed by atoms with Crippen molar-refractivity contribution in [3.63, 3.8) is 0 Å². The predicted octanol–water partition coefficient (Wildman–Crippen LogP) is 2.87. The van der Waals surface area contributed by atoms with Crippen molar-refractivity contribution in [3.05, 3.63) is 59.7 Å². The molecule has 0 bridgehead atoms. The summed E-state index contributed by atoms with van der Waals surface area (Å²) in [6.45, 7) is 4.60. The highest BCUT2D eigenvalue weighted by Gasteiger charge is 2.40. The summed E-state index contributed by atoms with van der Waals surface area (Å²) in [7, 11) is 0. The average Bonchev–Trinajstić information content (AvgIpc) is 2.73. The molecular formula is C24H31NO4. The largest absolute Gasteiger partial charge is 0.485 e. The van der Waals surface area contributed by atoms with Crippen molar-refractivity contribution in [1.29, 1.82) is 0 Å². The van der Waals surface area contributed by atoms with Crippen LogP contribution >= 0.6 is 0 Å². The Morgan fingerprint density at radius 2 is 1.21 bits per heavy atom. The van der Waals surface area contributed by atoms with Gasteiger partial charge in [-0.2, -0.15) is 0 Å². The zero-order chi connectivity index (χ0) is 20.5. The summed E-state index contributed by atoms with van der Waals surface area (Å²) in [6, 6.07) is 16.0. The van der Waals surface area contributed by atoms with Crippen LogP contribution in [0.25, 0.3) is 0 Å². The number of benzene rings is 2. The molecule has 0 radical (unpaired) electrons. The molecule has 0 fully saturated rings. The summed E-state index contributed by atoms with van der Waals surface area (Å²) in [5.41, 5.74) is 1.08. The van der Waals surface area contributed by atoms with Crippen LogP contribution in [0.15, 0.2) is 48.5 Å². The molecule has 0 aromatic heterocycles. The van der Waals surface area contributed by atoms with Crippen LogP contribution in [0.5, 0.6) is 11.5 Å². The van der Waals surface area contributed by atoms with Gasteiger partial charge >= 0.3 is 0 Å². The Kier molecular flexibility index (Phi) is 5.56. The van der Waals surface area contributed by atoms with Crippen molar-refractivity contribution in [2.24, 2.45) is 0 Å². The molecule has 2 aromatic carbocycles. The molecule has 0 aliphatic carbocycles. The molecule has 3 N–H and O–H groups in total. The normalized spacial score (nSPS) is 27.7. The van der Waals surface area contributed by atoms with Crippen LogP contribution in [0, 0.1) is 0 Å². The number of aliphatic hydroxyl groups excluding tert-OH is 2. The molecule has 2 aliphatic heterocycles. The summed E-state index contributed by atoms with van der Waals surface area (Å²) in [5.74, 6) is 1.70. The Bertz CT molecular complexity index is 787. The summed E-state index contributed by atoms with van der Waals surface area (Å²) in [6.07, 6.45) is 1.93. The summed E-state index contributed by atoms with van der Waals surface area (Å²) >= 11 is 0. The van der Waals surface area contributed by atoms with E-state index in [0.717, 1.165) is 37.2 Å². The van der Waals surface area contributed by atoms with Crippen LogP contribution in [0.1, 0.15) is 37.8 Å². The van der Waals surface area contributed by atoms with Crippen molar-refractivity contribution in [2.45, 2.75) is 62.9 Å². The lowest BCUT2D eigenvalue weighted by atomic mass is 9.87. The maximum absolute atomic E-state index is 10.8. The number of hydrogen-bond acceptors (Lipinski definition) is 5. The van der Waals surface area contributed by atoms with Gasteiger partial charge in [0.05, 0.1) is 0 Å². The van der Waals surface area contributed by atoms with Gasteiger partial charge in [-0.1, -0.05) is 36.4 Å². The number of hydrogen-bond donors (Lipinski definition) is 3. The maximum Gasteiger partial charge on any atom is 0.133 e. The predicted molar refractivity (Wildman–Crippen MR) is 112 cm³/mol.